The summed E-state index contributed by atoms with van der Waals surface area (Å²) in [7, 11) is 0. The second-order valence-electron chi connectivity index (χ2n) is 8.40. The highest BCUT2D eigenvalue weighted by molar-refractivity contribution is 6.30. The van der Waals surface area contributed by atoms with E-state index < -0.39 is 12.1 Å². The van der Waals surface area contributed by atoms with Gasteiger partial charge in [0, 0.05) is 24.7 Å². The molecule has 0 fully saturated rings. The number of hydrogen-bond donors (Lipinski definition) is 2. The van der Waals surface area contributed by atoms with Crippen molar-refractivity contribution in [1.82, 2.24) is 10.2 Å². The van der Waals surface area contributed by atoms with Gasteiger partial charge in [-0.05, 0) is 48.6 Å². The van der Waals surface area contributed by atoms with Gasteiger partial charge in [-0.3, -0.25) is 9.59 Å². The number of ether oxygens (including phenoxy) is 2. The van der Waals surface area contributed by atoms with Crippen molar-refractivity contribution in [2.24, 2.45) is 5.92 Å². The molecule has 2 aromatic carbocycles. The second-order valence-corrected chi connectivity index (χ2v) is 8.84. The maximum atomic E-state index is 13.6. The van der Waals surface area contributed by atoms with Crippen molar-refractivity contribution in [1.29, 1.82) is 0 Å². The van der Waals surface area contributed by atoms with Crippen molar-refractivity contribution >= 4 is 23.4 Å². The van der Waals surface area contributed by atoms with Gasteiger partial charge in [0.2, 0.25) is 12.0 Å². The number of nitrogens with zero attached hydrogens (tertiary/aromatic N) is 1. The molecule has 7 nitrogen and oxygen atoms in total. The number of amides is 2. The molecule has 2 N–H and O–H groups in total. The first-order valence-corrected chi connectivity index (χ1v) is 11.6. The summed E-state index contributed by atoms with van der Waals surface area (Å²) >= 11 is 6.06. The fourth-order valence-corrected chi connectivity index (χ4v) is 3.76. The van der Waals surface area contributed by atoms with Crippen LogP contribution in [-0.4, -0.2) is 54.2 Å². The van der Waals surface area contributed by atoms with E-state index >= 15 is 0 Å². The standard InChI is InChI=1S/C25H31ClN2O5/c1-17(2)12-13-27-24(30)23(18-8-10-19(26)11-9-18)28(14-5-15-29)25(31)22-16-32-20-6-3-4-7-21(20)33-22/h3-4,6-11,17,22-23,29H,5,12-16H2,1-2H3,(H,27,30)/t22-,23+/m0/s1. The number of carbonyl (C=O) groups is 2. The zero-order valence-electron chi connectivity index (χ0n) is 19.0. The van der Waals surface area contributed by atoms with E-state index in [1.54, 1.807) is 42.5 Å². The number of hydrogen-bond acceptors (Lipinski definition) is 5. The van der Waals surface area contributed by atoms with Crippen LogP contribution in [0.3, 0.4) is 0 Å². The van der Waals surface area contributed by atoms with Crippen molar-refractivity contribution in [3.05, 3.63) is 59.1 Å². The van der Waals surface area contributed by atoms with E-state index in [0.29, 0.717) is 41.0 Å². The van der Waals surface area contributed by atoms with Gasteiger partial charge in [-0.25, -0.2) is 0 Å². The van der Waals surface area contributed by atoms with Crippen molar-refractivity contribution < 1.29 is 24.2 Å². The number of aliphatic hydroxyl groups excluding tert-OH is 1. The Morgan fingerprint density at radius 1 is 1.15 bits per heavy atom. The second kappa shape index (κ2) is 11.9. The van der Waals surface area contributed by atoms with Gasteiger partial charge in [-0.1, -0.05) is 49.7 Å². The highest BCUT2D eigenvalue weighted by Gasteiger charge is 2.37. The van der Waals surface area contributed by atoms with Crippen molar-refractivity contribution in [2.75, 3.05) is 26.3 Å². The Morgan fingerprint density at radius 2 is 1.85 bits per heavy atom. The van der Waals surface area contributed by atoms with E-state index in [2.05, 4.69) is 19.2 Å². The molecule has 0 spiro atoms. The number of halogens is 1. The van der Waals surface area contributed by atoms with Gasteiger partial charge in [0.15, 0.2) is 11.5 Å². The average molecular weight is 475 g/mol. The maximum absolute atomic E-state index is 13.6. The number of nitrogens with one attached hydrogen (secondary N) is 1. The minimum absolute atomic E-state index is 0.0355. The molecule has 0 aromatic heterocycles. The highest BCUT2D eigenvalue weighted by atomic mass is 35.5. The lowest BCUT2D eigenvalue weighted by atomic mass is 10.0. The van der Waals surface area contributed by atoms with E-state index in [0.717, 1.165) is 6.42 Å². The highest BCUT2D eigenvalue weighted by Crippen LogP contribution is 2.32. The minimum atomic E-state index is -0.906. The Labute approximate surface area is 199 Å². The summed E-state index contributed by atoms with van der Waals surface area (Å²) < 4.78 is 11.6. The van der Waals surface area contributed by atoms with Crippen LogP contribution >= 0.6 is 11.6 Å². The zero-order valence-corrected chi connectivity index (χ0v) is 19.8. The fourth-order valence-electron chi connectivity index (χ4n) is 3.63. The molecule has 2 atom stereocenters. The number of para-hydroxylation sites is 2. The third-order valence-corrected chi connectivity index (χ3v) is 5.64. The number of fused-ring (bicyclic) bond motifs is 1. The number of aliphatic hydroxyl groups is 1. The largest absolute Gasteiger partial charge is 0.485 e. The molecule has 0 radical (unpaired) electrons. The summed E-state index contributed by atoms with van der Waals surface area (Å²) in [4.78, 5) is 28.4. The quantitative estimate of drug-likeness (QED) is 0.549. The molecular formula is C25H31ClN2O5. The molecule has 33 heavy (non-hydrogen) atoms. The van der Waals surface area contributed by atoms with Gasteiger partial charge >= 0.3 is 0 Å². The average Bonchev–Trinajstić information content (AvgIpc) is 2.81. The normalized spacial score (nSPS) is 15.7. The zero-order chi connectivity index (χ0) is 23.8. The molecule has 2 aromatic rings. The Kier molecular flexibility index (Phi) is 8.97. The van der Waals surface area contributed by atoms with Crippen molar-refractivity contribution in [3.63, 3.8) is 0 Å². The summed E-state index contributed by atoms with van der Waals surface area (Å²) in [5.41, 5.74) is 0.630. The lowest BCUT2D eigenvalue weighted by molar-refractivity contribution is -0.148. The Balaban J connectivity index is 1.88. The summed E-state index contributed by atoms with van der Waals surface area (Å²) in [6.45, 7) is 4.77. The van der Waals surface area contributed by atoms with E-state index in [1.165, 1.54) is 4.90 Å². The maximum Gasteiger partial charge on any atom is 0.268 e. The van der Waals surface area contributed by atoms with Crippen LogP contribution in [0.25, 0.3) is 0 Å². The fraction of sp³-hybridized carbons (Fsp3) is 0.440. The first-order chi connectivity index (χ1) is 15.9. The van der Waals surface area contributed by atoms with Crippen LogP contribution < -0.4 is 14.8 Å². The molecule has 178 valence electrons. The summed E-state index contributed by atoms with van der Waals surface area (Å²) in [6, 6.07) is 13.1. The number of carbonyl (C=O) groups excluding carboxylic acids is 2. The summed E-state index contributed by atoms with van der Waals surface area (Å²) in [6.07, 6.45) is 0.232. The van der Waals surface area contributed by atoms with Crippen LogP contribution in [0.15, 0.2) is 48.5 Å². The molecule has 1 aliphatic rings. The predicted octanol–water partition coefficient (Wildman–Crippen LogP) is 3.59. The van der Waals surface area contributed by atoms with Gasteiger partial charge in [-0.15, -0.1) is 0 Å². The first kappa shape index (κ1) is 24.9. The summed E-state index contributed by atoms with van der Waals surface area (Å²) in [5.74, 6) is 0.815. The molecule has 0 saturated carbocycles. The van der Waals surface area contributed by atoms with Gasteiger partial charge in [0.1, 0.15) is 12.6 Å². The van der Waals surface area contributed by atoms with E-state index in [9.17, 15) is 14.7 Å². The first-order valence-electron chi connectivity index (χ1n) is 11.2. The molecule has 2 amide bonds. The van der Waals surface area contributed by atoms with Crippen LogP contribution in [0.5, 0.6) is 11.5 Å². The summed E-state index contributed by atoms with van der Waals surface area (Å²) in [5, 5.41) is 12.9. The molecule has 0 unspecified atom stereocenters. The molecule has 0 aliphatic carbocycles. The SMILES string of the molecule is CC(C)CCNC(=O)[C@@H](c1ccc(Cl)cc1)N(CCCO)C(=O)[C@@H]1COc2ccccc2O1. The predicted molar refractivity (Wildman–Crippen MR) is 126 cm³/mol. The third kappa shape index (κ3) is 6.62. The Hall–Kier alpha value is -2.77. The van der Waals surface area contributed by atoms with Crippen LogP contribution in [0, 0.1) is 5.92 Å². The lowest BCUT2D eigenvalue weighted by Gasteiger charge is -2.35. The molecule has 8 heteroatoms. The van der Waals surface area contributed by atoms with Crippen LogP contribution in [-0.2, 0) is 9.59 Å². The van der Waals surface area contributed by atoms with Crippen molar-refractivity contribution in [3.8, 4) is 11.5 Å². The number of benzene rings is 2. The van der Waals surface area contributed by atoms with E-state index in [4.69, 9.17) is 21.1 Å². The van der Waals surface area contributed by atoms with Gasteiger partial charge in [0.25, 0.3) is 5.91 Å². The van der Waals surface area contributed by atoms with E-state index in [-0.39, 0.29) is 31.6 Å². The van der Waals surface area contributed by atoms with Gasteiger partial charge in [0.05, 0.1) is 0 Å². The molecule has 0 saturated heterocycles. The Bertz CT molecular complexity index is 935. The molecular weight excluding hydrogens is 444 g/mol. The van der Waals surface area contributed by atoms with E-state index in [1.807, 2.05) is 6.07 Å². The smallest absolute Gasteiger partial charge is 0.268 e. The van der Waals surface area contributed by atoms with Crippen molar-refractivity contribution in [2.45, 2.75) is 38.8 Å². The molecule has 1 heterocycles. The lowest BCUT2D eigenvalue weighted by Crippen LogP contribution is -2.51. The monoisotopic (exact) mass is 474 g/mol. The number of rotatable bonds is 10. The van der Waals surface area contributed by atoms with Crippen LogP contribution in [0.2, 0.25) is 5.02 Å². The Morgan fingerprint density at radius 3 is 2.52 bits per heavy atom. The minimum Gasteiger partial charge on any atom is -0.485 e. The topological polar surface area (TPSA) is 88.1 Å². The van der Waals surface area contributed by atoms with Gasteiger partial charge in [-0.2, -0.15) is 0 Å². The molecule has 1 aliphatic heterocycles. The molecule has 0 bridgehead atoms. The van der Waals surface area contributed by atoms with Crippen LogP contribution in [0.1, 0.15) is 38.3 Å². The molecule has 3 rings (SSSR count). The van der Waals surface area contributed by atoms with Gasteiger partial charge < -0.3 is 24.8 Å². The van der Waals surface area contributed by atoms with Crippen LogP contribution in [0.4, 0.5) is 0 Å². The third-order valence-electron chi connectivity index (χ3n) is 5.39.